The highest BCUT2D eigenvalue weighted by molar-refractivity contribution is 5.92. The van der Waals surface area contributed by atoms with Gasteiger partial charge in [0.25, 0.3) is 0 Å². The van der Waals surface area contributed by atoms with Gasteiger partial charge in [-0.15, -0.1) is 0 Å². The van der Waals surface area contributed by atoms with E-state index >= 15 is 0 Å². The van der Waals surface area contributed by atoms with Gasteiger partial charge < -0.3 is 20.7 Å². The van der Waals surface area contributed by atoms with Crippen LogP contribution in [0, 0.1) is 11.2 Å². The first-order valence-corrected chi connectivity index (χ1v) is 15.0. The molecular formula is C37H42FN3O5. The molecule has 8 nitrogen and oxygen atoms in total. The zero-order valence-corrected chi connectivity index (χ0v) is 27.1. The zero-order valence-electron chi connectivity index (χ0n) is 27.1. The van der Waals surface area contributed by atoms with Crippen LogP contribution in [0.4, 0.5) is 4.39 Å². The minimum Gasteiger partial charge on any atom is -0.423 e. The quantitative estimate of drug-likeness (QED) is 0.121. The van der Waals surface area contributed by atoms with E-state index in [0.29, 0.717) is 29.7 Å². The van der Waals surface area contributed by atoms with Crippen molar-refractivity contribution in [2.24, 2.45) is 5.41 Å². The molecule has 0 aliphatic carbocycles. The number of amides is 3. The maximum atomic E-state index is 14.9. The van der Waals surface area contributed by atoms with Crippen LogP contribution in [-0.2, 0) is 45.2 Å². The lowest BCUT2D eigenvalue weighted by Gasteiger charge is -2.19. The smallest absolute Gasteiger partial charge is 0.311 e. The molecule has 3 N–H and O–H groups in total. The summed E-state index contributed by atoms with van der Waals surface area (Å²) in [6.45, 7) is 16.8. The second-order valence-electron chi connectivity index (χ2n) is 12.3. The second-order valence-corrected chi connectivity index (χ2v) is 12.3. The van der Waals surface area contributed by atoms with Crippen LogP contribution in [0.25, 0.3) is 11.1 Å². The Morgan fingerprint density at radius 2 is 1.28 bits per heavy atom. The van der Waals surface area contributed by atoms with Crippen LogP contribution in [0.1, 0.15) is 63.3 Å². The van der Waals surface area contributed by atoms with E-state index in [1.807, 2.05) is 63.2 Å². The molecule has 46 heavy (non-hydrogen) atoms. The number of nitrogens with one attached hydrogen (secondary N) is 3. The molecule has 0 aliphatic heterocycles. The third-order valence-electron chi connectivity index (χ3n) is 7.12. The number of esters is 1. The summed E-state index contributed by atoms with van der Waals surface area (Å²) in [5.74, 6) is -2.03. The molecule has 3 aromatic carbocycles. The summed E-state index contributed by atoms with van der Waals surface area (Å²) in [6, 6.07) is 17.3. The molecule has 0 radical (unpaired) electrons. The van der Waals surface area contributed by atoms with Crippen molar-refractivity contribution >= 4 is 23.7 Å². The molecule has 9 heteroatoms. The Kier molecular flexibility index (Phi) is 12.2. The van der Waals surface area contributed by atoms with E-state index in [9.17, 15) is 23.6 Å². The molecule has 0 atom stereocenters. The van der Waals surface area contributed by atoms with E-state index in [4.69, 9.17) is 4.74 Å². The highest BCUT2D eigenvalue weighted by Gasteiger charge is 2.21. The van der Waals surface area contributed by atoms with Crippen LogP contribution in [0.2, 0.25) is 0 Å². The predicted octanol–water partition coefficient (Wildman–Crippen LogP) is 6.08. The standard InChI is InChI=1S/C37H42FN3O5/c1-23(2)34(43)39-20-26-9-12-27(13-10-26)28-15-16-32(31(38)19-28)46-33(42)17-11-25-8-14-29(21-40-35(44)24(3)4)30(18-25)22-41-36(45)37(5,6)7/h8-10,12-16,18-19H,1,3,11,17,20-22H2,2,4-7H3,(H,39,43)(H,40,44)(H,41,45). The van der Waals surface area contributed by atoms with Crippen molar-refractivity contribution in [3.05, 3.63) is 113 Å². The van der Waals surface area contributed by atoms with Crippen LogP contribution >= 0.6 is 0 Å². The molecule has 0 aliphatic rings. The maximum absolute atomic E-state index is 14.9. The van der Waals surface area contributed by atoms with E-state index in [1.165, 1.54) is 12.1 Å². The average Bonchev–Trinajstić information content (AvgIpc) is 3.01. The molecule has 0 unspecified atom stereocenters. The van der Waals surface area contributed by atoms with Crippen molar-refractivity contribution < 1.29 is 28.3 Å². The number of halogens is 1. The molecule has 0 bridgehead atoms. The highest BCUT2D eigenvalue weighted by Crippen LogP contribution is 2.27. The summed E-state index contributed by atoms with van der Waals surface area (Å²) in [5.41, 5.74) is 4.96. The largest absolute Gasteiger partial charge is 0.423 e. The Morgan fingerprint density at radius 3 is 1.87 bits per heavy atom. The molecule has 3 aromatic rings. The number of benzene rings is 3. The molecule has 0 saturated heterocycles. The van der Waals surface area contributed by atoms with Crippen molar-refractivity contribution in [1.82, 2.24) is 16.0 Å². The number of hydrogen-bond donors (Lipinski definition) is 3. The van der Waals surface area contributed by atoms with Crippen molar-refractivity contribution in [2.45, 2.75) is 67.1 Å². The van der Waals surface area contributed by atoms with Gasteiger partial charge in [0, 0.05) is 42.6 Å². The zero-order chi connectivity index (χ0) is 34.0. The second kappa shape index (κ2) is 15.8. The molecule has 242 valence electrons. The van der Waals surface area contributed by atoms with E-state index in [-0.39, 0.29) is 43.0 Å². The lowest BCUT2D eigenvalue weighted by atomic mass is 9.95. The fourth-order valence-corrected chi connectivity index (χ4v) is 4.27. The van der Waals surface area contributed by atoms with Gasteiger partial charge in [-0.2, -0.15) is 0 Å². The topological polar surface area (TPSA) is 114 Å². The van der Waals surface area contributed by atoms with Crippen LogP contribution < -0.4 is 20.7 Å². The lowest BCUT2D eigenvalue weighted by Crippen LogP contribution is -2.34. The minimum absolute atomic E-state index is 0.00407. The van der Waals surface area contributed by atoms with Crippen LogP contribution in [0.5, 0.6) is 5.75 Å². The summed E-state index contributed by atoms with van der Waals surface area (Å²) in [5, 5.41) is 8.51. The maximum Gasteiger partial charge on any atom is 0.311 e. The molecule has 0 spiro atoms. The van der Waals surface area contributed by atoms with E-state index in [1.54, 1.807) is 19.9 Å². The normalized spacial score (nSPS) is 10.9. The summed E-state index contributed by atoms with van der Waals surface area (Å²) in [7, 11) is 0. The molecule has 0 fully saturated rings. The minimum atomic E-state index is -0.665. The Balaban J connectivity index is 1.63. The van der Waals surface area contributed by atoms with Gasteiger partial charge in [0.2, 0.25) is 17.7 Å². The van der Waals surface area contributed by atoms with Crippen LogP contribution in [-0.4, -0.2) is 23.7 Å². The van der Waals surface area contributed by atoms with Crippen molar-refractivity contribution in [3.8, 4) is 16.9 Å². The van der Waals surface area contributed by atoms with Gasteiger partial charge in [-0.3, -0.25) is 19.2 Å². The summed E-state index contributed by atoms with van der Waals surface area (Å²) >= 11 is 0. The fourth-order valence-electron chi connectivity index (χ4n) is 4.27. The molecule has 0 aromatic heterocycles. The number of aryl methyl sites for hydroxylation is 1. The number of rotatable bonds is 13. The first kappa shape index (κ1) is 35.4. The van der Waals surface area contributed by atoms with Crippen LogP contribution in [0.15, 0.2) is 85.0 Å². The third kappa shape index (κ3) is 10.5. The first-order chi connectivity index (χ1) is 21.6. The van der Waals surface area contributed by atoms with Crippen molar-refractivity contribution in [2.75, 3.05) is 0 Å². The van der Waals surface area contributed by atoms with Gasteiger partial charge >= 0.3 is 5.97 Å². The molecular weight excluding hydrogens is 585 g/mol. The number of ether oxygens (including phenoxy) is 1. The number of hydrogen-bond acceptors (Lipinski definition) is 5. The van der Waals surface area contributed by atoms with E-state index in [0.717, 1.165) is 27.8 Å². The Hall–Kier alpha value is -5.05. The van der Waals surface area contributed by atoms with E-state index in [2.05, 4.69) is 29.1 Å². The predicted molar refractivity (Wildman–Crippen MR) is 177 cm³/mol. The Labute approximate surface area is 270 Å². The molecule has 3 amide bonds. The number of carbonyl (C=O) groups is 4. The van der Waals surface area contributed by atoms with E-state index < -0.39 is 17.2 Å². The van der Waals surface area contributed by atoms with Crippen molar-refractivity contribution in [3.63, 3.8) is 0 Å². The van der Waals surface area contributed by atoms with Gasteiger partial charge in [-0.25, -0.2) is 4.39 Å². The Morgan fingerprint density at radius 1 is 0.717 bits per heavy atom. The lowest BCUT2D eigenvalue weighted by molar-refractivity contribution is -0.134. The Bertz CT molecular complexity index is 1640. The average molecular weight is 628 g/mol. The molecule has 0 saturated carbocycles. The summed E-state index contributed by atoms with van der Waals surface area (Å²) < 4.78 is 20.3. The highest BCUT2D eigenvalue weighted by atomic mass is 19.1. The van der Waals surface area contributed by atoms with Gasteiger partial charge in [-0.05, 0) is 65.8 Å². The van der Waals surface area contributed by atoms with Crippen molar-refractivity contribution in [1.29, 1.82) is 0 Å². The number of carbonyl (C=O) groups excluding carboxylic acids is 4. The SMILES string of the molecule is C=C(C)C(=O)NCc1ccc(-c2ccc(OC(=O)CCc3ccc(CNC(=O)C(=C)C)c(CNC(=O)C(C)(C)C)c3)c(F)c2)cc1. The summed E-state index contributed by atoms with van der Waals surface area (Å²) in [4.78, 5) is 48.9. The van der Waals surface area contributed by atoms with Gasteiger partial charge in [0.05, 0.1) is 0 Å². The third-order valence-corrected chi connectivity index (χ3v) is 7.12. The molecule has 3 rings (SSSR count). The van der Waals surface area contributed by atoms with Crippen LogP contribution in [0.3, 0.4) is 0 Å². The first-order valence-electron chi connectivity index (χ1n) is 15.0. The van der Waals surface area contributed by atoms with Gasteiger partial charge in [0.15, 0.2) is 11.6 Å². The fraction of sp³-hybridized carbons (Fsp3) is 0.297. The van der Waals surface area contributed by atoms with Gasteiger partial charge in [-0.1, -0.05) is 82.5 Å². The monoisotopic (exact) mass is 627 g/mol. The van der Waals surface area contributed by atoms with Gasteiger partial charge in [0.1, 0.15) is 0 Å². The molecule has 0 heterocycles. The summed E-state index contributed by atoms with van der Waals surface area (Å²) in [6.07, 6.45) is 0.334.